The Morgan fingerprint density at radius 2 is 1.60 bits per heavy atom. The second-order valence-electron chi connectivity index (χ2n) is 10.4. The molecule has 1 saturated heterocycles. The molecule has 7 nitrogen and oxygen atoms in total. The molecule has 0 saturated carbocycles. The Morgan fingerprint density at radius 1 is 0.952 bits per heavy atom. The van der Waals surface area contributed by atoms with Crippen LogP contribution in [-0.4, -0.2) is 35.2 Å². The normalized spacial score (nSPS) is 17.9. The van der Waals surface area contributed by atoms with Crippen molar-refractivity contribution in [1.82, 2.24) is 4.98 Å². The Balaban J connectivity index is 1.31. The number of amides is 2. The summed E-state index contributed by atoms with van der Waals surface area (Å²) >= 11 is 3.47. The van der Waals surface area contributed by atoms with Crippen LogP contribution in [0.4, 0.5) is 10.1 Å². The van der Waals surface area contributed by atoms with Gasteiger partial charge in [-0.2, -0.15) is 0 Å². The molecule has 2 atom stereocenters. The fourth-order valence-corrected chi connectivity index (χ4v) is 6.11. The van der Waals surface area contributed by atoms with E-state index in [1.807, 2.05) is 25.1 Å². The smallest absolute Gasteiger partial charge is 0.339 e. The summed E-state index contributed by atoms with van der Waals surface area (Å²) in [5.41, 5.74) is 3.48. The van der Waals surface area contributed by atoms with Crippen molar-refractivity contribution < 1.29 is 28.3 Å². The number of fused-ring (bicyclic) bond motifs is 2. The minimum atomic E-state index is -0.710. The van der Waals surface area contributed by atoms with Gasteiger partial charge in [0.1, 0.15) is 5.82 Å². The quantitative estimate of drug-likeness (QED) is 0.103. The lowest BCUT2D eigenvalue weighted by Crippen LogP contribution is -2.30. The fraction of sp³-hybridized carbons (Fsp3) is 0.182. The first kappa shape index (κ1) is 27.7. The summed E-state index contributed by atoms with van der Waals surface area (Å²) < 4.78 is 19.4. The summed E-state index contributed by atoms with van der Waals surface area (Å²) in [5.74, 6) is -2.67. The van der Waals surface area contributed by atoms with Gasteiger partial charge in [0.05, 0.1) is 34.3 Å². The van der Waals surface area contributed by atoms with Gasteiger partial charge in [-0.25, -0.2) is 14.2 Å². The SMILES string of the molecule is Cc1cc(Br)cc2c(C(=O)OCC(=O)c3ccc(F)cc3)cc(-c3ccc(N4C(=O)C5CC=CCC5C4=O)cc3)nc12. The van der Waals surface area contributed by atoms with E-state index >= 15 is 0 Å². The number of carbonyl (C=O) groups is 4. The van der Waals surface area contributed by atoms with E-state index in [0.29, 0.717) is 40.7 Å². The number of nitrogens with zero attached hydrogens (tertiary/aromatic N) is 2. The number of aryl methyl sites for hydroxylation is 1. The zero-order valence-electron chi connectivity index (χ0n) is 22.5. The molecule has 1 aliphatic heterocycles. The predicted molar refractivity (Wildman–Crippen MR) is 158 cm³/mol. The number of benzene rings is 3. The lowest BCUT2D eigenvalue weighted by molar-refractivity contribution is -0.122. The molecular formula is C33H24BrFN2O5. The summed E-state index contributed by atoms with van der Waals surface area (Å²) in [5, 5.41) is 0.547. The van der Waals surface area contributed by atoms with E-state index in [0.717, 1.165) is 10.0 Å². The minimum Gasteiger partial charge on any atom is -0.454 e. The Bertz CT molecular complexity index is 1770. The fourth-order valence-electron chi connectivity index (χ4n) is 5.54. The summed E-state index contributed by atoms with van der Waals surface area (Å²) in [6.45, 7) is 1.36. The van der Waals surface area contributed by atoms with Crippen LogP contribution in [0.3, 0.4) is 0 Å². The van der Waals surface area contributed by atoms with Crippen LogP contribution in [0.25, 0.3) is 22.2 Å². The van der Waals surface area contributed by atoms with Gasteiger partial charge in [0.15, 0.2) is 12.4 Å². The maximum Gasteiger partial charge on any atom is 0.339 e. The van der Waals surface area contributed by atoms with E-state index in [4.69, 9.17) is 9.72 Å². The molecule has 0 spiro atoms. The molecule has 2 aliphatic rings. The molecule has 2 amide bonds. The molecule has 9 heteroatoms. The van der Waals surface area contributed by atoms with Crippen LogP contribution in [0.5, 0.6) is 0 Å². The number of rotatable bonds is 6. The highest BCUT2D eigenvalue weighted by Crippen LogP contribution is 2.38. The number of anilines is 1. The van der Waals surface area contributed by atoms with Gasteiger partial charge in [-0.3, -0.25) is 19.3 Å². The molecule has 2 heterocycles. The Hall–Kier alpha value is -4.50. The van der Waals surface area contributed by atoms with Crippen LogP contribution in [0, 0.1) is 24.6 Å². The number of pyridine rings is 1. The van der Waals surface area contributed by atoms with Gasteiger partial charge >= 0.3 is 5.97 Å². The molecule has 0 radical (unpaired) electrons. The standard InChI is InChI=1S/C33H24BrFN2O5/c1-18-14-21(34)15-26-27(33(41)42-17-29(38)20-6-10-22(35)11-7-20)16-28(36-30(18)26)19-8-12-23(13-9-19)37-31(39)24-4-2-3-5-25(24)32(37)40/h2-3,6-16,24-25H,4-5,17H2,1H3. The van der Waals surface area contributed by atoms with Gasteiger partial charge in [-0.05, 0) is 79.9 Å². The van der Waals surface area contributed by atoms with Crippen LogP contribution in [0.2, 0.25) is 0 Å². The van der Waals surface area contributed by atoms with Gasteiger partial charge in [0.2, 0.25) is 11.8 Å². The molecule has 0 bridgehead atoms. The van der Waals surface area contributed by atoms with Crippen molar-refractivity contribution in [1.29, 1.82) is 0 Å². The van der Waals surface area contributed by atoms with E-state index in [1.165, 1.54) is 29.2 Å². The number of halogens is 2. The molecule has 2 unspecified atom stereocenters. The van der Waals surface area contributed by atoms with Crippen molar-refractivity contribution in [2.45, 2.75) is 19.8 Å². The Labute approximate surface area is 249 Å². The van der Waals surface area contributed by atoms with Crippen molar-refractivity contribution in [2.75, 3.05) is 11.5 Å². The van der Waals surface area contributed by atoms with Crippen LogP contribution < -0.4 is 4.90 Å². The topological polar surface area (TPSA) is 93.6 Å². The first-order valence-electron chi connectivity index (χ1n) is 13.4. The molecule has 42 heavy (non-hydrogen) atoms. The maximum atomic E-state index is 13.3. The number of esters is 1. The lowest BCUT2D eigenvalue weighted by atomic mass is 9.85. The van der Waals surface area contributed by atoms with Crippen molar-refractivity contribution in [3.63, 3.8) is 0 Å². The number of allylic oxidation sites excluding steroid dienone is 2. The molecule has 6 rings (SSSR count). The molecule has 0 N–H and O–H groups in total. The predicted octanol–water partition coefficient (Wildman–Crippen LogP) is 6.61. The van der Waals surface area contributed by atoms with Gasteiger partial charge in [0.25, 0.3) is 0 Å². The van der Waals surface area contributed by atoms with E-state index in [1.54, 1.807) is 36.4 Å². The summed E-state index contributed by atoms with van der Waals surface area (Å²) in [4.78, 5) is 58.0. The third-order valence-electron chi connectivity index (χ3n) is 7.72. The van der Waals surface area contributed by atoms with E-state index in [-0.39, 0.29) is 34.8 Å². The second-order valence-corrected chi connectivity index (χ2v) is 11.3. The summed E-state index contributed by atoms with van der Waals surface area (Å²) in [6, 6.07) is 17.2. The molecule has 210 valence electrons. The Morgan fingerprint density at radius 3 is 2.24 bits per heavy atom. The zero-order valence-corrected chi connectivity index (χ0v) is 24.1. The maximum absolute atomic E-state index is 13.3. The van der Waals surface area contributed by atoms with E-state index < -0.39 is 24.2 Å². The highest BCUT2D eigenvalue weighted by atomic mass is 79.9. The lowest BCUT2D eigenvalue weighted by Gasteiger charge is -2.16. The zero-order chi connectivity index (χ0) is 29.5. The average Bonchev–Trinajstić information content (AvgIpc) is 3.25. The minimum absolute atomic E-state index is 0.188. The highest BCUT2D eigenvalue weighted by Gasteiger charge is 2.47. The average molecular weight is 627 g/mol. The number of ketones is 1. The highest BCUT2D eigenvalue weighted by molar-refractivity contribution is 9.10. The third kappa shape index (κ3) is 5.05. The Kier molecular flexibility index (Phi) is 7.28. The van der Waals surface area contributed by atoms with Gasteiger partial charge in [0, 0.05) is 21.0 Å². The molecule has 1 aromatic heterocycles. The largest absolute Gasteiger partial charge is 0.454 e. The first-order valence-corrected chi connectivity index (χ1v) is 14.2. The first-order chi connectivity index (χ1) is 20.2. The number of carbonyl (C=O) groups excluding carboxylic acids is 4. The van der Waals surface area contributed by atoms with Gasteiger partial charge in [-0.15, -0.1) is 0 Å². The summed E-state index contributed by atoms with van der Waals surface area (Å²) in [7, 11) is 0. The van der Waals surface area contributed by atoms with Crippen molar-refractivity contribution in [3.8, 4) is 11.3 Å². The van der Waals surface area contributed by atoms with Gasteiger partial charge in [-0.1, -0.05) is 40.2 Å². The van der Waals surface area contributed by atoms with Crippen LogP contribution in [0.15, 0.2) is 83.4 Å². The third-order valence-corrected chi connectivity index (χ3v) is 8.18. The van der Waals surface area contributed by atoms with Crippen LogP contribution >= 0.6 is 15.9 Å². The number of Topliss-reactive ketones (excluding diaryl/α,β-unsaturated/α-hetero) is 1. The van der Waals surface area contributed by atoms with Crippen molar-refractivity contribution in [2.24, 2.45) is 11.8 Å². The monoisotopic (exact) mass is 626 g/mol. The number of imide groups is 1. The molecule has 3 aromatic carbocycles. The number of ether oxygens (including phenoxy) is 1. The number of hydrogen-bond donors (Lipinski definition) is 0. The number of aromatic nitrogens is 1. The summed E-state index contributed by atoms with van der Waals surface area (Å²) in [6.07, 6.45) is 5.03. The number of hydrogen-bond acceptors (Lipinski definition) is 6. The van der Waals surface area contributed by atoms with E-state index in [9.17, 15) is 23.6 Å². The molecule has 1 aliphatic carbocycles. The molecular weight excluding hydrogens is 603 g/mol. The molecule has 4 aromatic rings. The van der Waals surface area contributed by atoms with Gasteiger partial charge < -0.3 is 4.74 Å². The van der Waals surface area contributed by atoms with E-state index in [2.05, 4.69) is 15.9 Å². The molecule has 1 fully saturated rings. The van der Waals surface area contributed by atoms with Crippen LogP contribution in [0.1, 0.15) is 39.1 Å². The van der Waals surface area contributed by atoms with Crippen molar-refractivity contribution in [3.05, 3.63) is 106 Å². The van der Waals surface area contributed by atoms with Crippen LogP contribution in [-0.2, 0) is 14.3 Å². The second kappa shape index (κ2) is 11.1. The van der Waals surface area contributed by atoms with Crippen molar-refractivity contribution >= 4 is 56.1 Å².